The molecule has 0 saturated heterocycles. The van der Waals surface area contributed by atoms with Crippen molar-refractivity contribution in [3.05, 3.63) is 47.9 Å². The minimum Gasteiger partial charge on any atom is -0.345 e. The summed E-state index contributed by atoms with van der Waals surface area (Å²) in [5.41, 5.74) is 3.35. The largest absolute Gasteiger partial charge is 0.345 e. The molecule has 0 spiro atoms. The Balaban J connectivity index is 1.99. The first kappa shape index (κ1) is 11.9. The molecule has 0 unspecified atom stereocenters. The van der Waals surface area contributed by atoms with E-state index in [1.807, 2.05) is 0 Å². The molecule has 2 aromatic rings. The smallest absolute Gasteiger partial charge is 0.270 e. The molecule has 2 rings (SSSR count). The molecule has 92 valence electrons. The van der Waals surface area contributed by atoms with Crippen molar-refractivity contribution in [1.82, 2.24) is 20.5 Å². The van der Waals surface area contributed by atoms with Crippen LogP contribution in [0.5, 0.6) is 0 Å². The third-order valence-electron chi connectivity index (χ3n) is 2.19. The highest BCUT2D eigenvalue weighted by Gasteiger charge is 2.07. The first-order valence-corrected chi connectivity index (χ1v) is 5.28. The van der Waals surface area contributed by atoms with Crippen LogP contribution >= 0.6 is 0 Å². The number of pyridine rings is 1. The van der Waals surface area contributed by atoms with E-state index >= 15 is 0 Å². The van der Waals surface area contributed by atoms with Crippen molar-refractivity contribution in [3.8, 4) is 0 Å². The molecule has 0 aliphatic rings. The number of carbonyl (C=O) groups excluding carboxylic acids is 1. The predicted molar refractivity (Wildman–Crippen MR) is 65.2 cm³/mol. The van der Waals surface area contributed by atoms with Gasteiger partial charge in [-0.3, -0.25) is 4.79 Å². The van der Waals surface area contributed by atoms with E-state index < -0.39 is 0 Å². The van der Waals surface area contributed by atoms with Gasteiger partial charge in [0.1, 0.15) is 11.5 Å². The van der Waals surface area contributed by atoms with E-state index in [9.17, 15) is 4.79 Å². The van der Waals surface area contributed by atoms with Gasteiger partial charge in [0.05, 0.1) is 12.2 Å². The highest BCUT2D eigenvalue weighted by molar-refractivity contribution is 5.92. The van der Waals surface area contributed by atoms with Gasteiger partial charge in [0.25, 0.3) is 5.91 Å². The van der Waals surface area contributed by atoms with E-state index in [2.05, 4.69) is 25.9 Å². The molecule has 0 aliphatic carbocycles. The fourth-order valence-electron chi connectivity index (χ4n) is 1.33. The lowest BCUT2D eigenvalue weighted by molar-refractivity contribution is 0.0945. The number of nitrogens with one attached hydrogen (secondary N) is 2. The van der Waals surface area contributed by atoms with Crippen molar-refractivity contribution in [2.75, 3.05) is 5.43 Å². The fourth-order valence-corrected chi connectivity index (χ4v) is 1.33. The van der Waals surface area contributed by atoms with E-state index in [0.717, 1.165) is 0 Å². The van der Waals surface area contributed by atoms with Crippen LogP contribution in [0.3, 0.4) is 0 Å². The zero-order chi connectivity index (χ0) is 12.8. The molecule has 4 N–H and O–H groups in total. The normalized spacial score (nSPS) is 9.83. The second kappa shape index (κ2) is 5.69. The van der Waals surface area contributed by atoms with E-state index in [1.54, 1.807) is 36.5 Å². The number of nitrogens with two attached hydrogens (primary N) is 1. The number of hydrogen-bond acceptors (Lipinski definition) is 6. The Morgan fingerprint density at radius 1 is 1.28 bits per heavy atom. The molecule has 0 atom stereocenters. The molecule has 18 heavy (non-hydrogen) atoms. The van der Waals surface area contributed by atoms with E-state index in [0.29, 0.717) is 18.1 Å². The van der Waals surface area contributed by atoms with E-state index in [-0.39, 0.29) is 11.6 Å². The minimum atomic E-state index is -0.294. The molecule has 7 nitrogen and oxygen atoms in total. The molecular formula is C11H12N6O. The number of nitrogen functional groups attached to an aromatic ring is 1. The Morgan fingerprint density at radius 3 is 2.89 bits per heavy atom. The number of hydrogen-bond donors (Lipinski definition) is 3. The molecule has 0 aromatic carbocycles. The molecule has 1 amide bonds. The SMILES string of the molecule is NNc1cccc(C(=O)NCc2cccnn2)n1. The van der Waals surface area contributed by atoms with Gasteiger partial charge >= 0.3 is 0 Å². The van der Waals surface area contributed by atoms with Crippen molar-refractivity contribution < 1.29 is 4.79 Å². The lowest BCUT2D eigenvalue weighted by Gasteiger charge is -2.05. The van der Waals surface area contributed by atoms with Gasteiger partial charge in [-0.2, -0.15) is 10.2 Å². The highest BCUT2D eigenvalue weighted by Crippen LogP contribution is 2.03. The van der Waals surface area contributed by atoms with Crippen molar-refractivity contribution in [2.24, 2.45) is 5.84 Å². The second-order valence-corrected chi connectivity index (χ2v) is 3.45. The summed E-state index contributed by atoms with van der Waals surface area (Å²) < 4.78 is 0. The third-order valence-corrected chi connectivity index (χ3v) is 2.19. The number of rotatable bonds is 4. The van der Waals surface area contributed by atoms with Crippen molar-refractivity contribution in [1.29, 1.82) is 0 Å². The number of carbonyl (C=O) groups is 1. The Labute approximate surface area is 103 Å². The summed E-state index contributed by atoms with van der Waals surface area (Å²) >= 11 is 0. The molecular weight excluding hydrogens is 232 g/mol. The lowest BCUT2D eigenvalue weighted by atomic mass is 10.3. The maximum Gasteiger partial charge on any atom is 0.270 e. The number of anilines is 1. The zero-order valence-corrected chi connectivity index (χ0v) is 9.50. The van der Waals surface area contributed by atoms with Crippen LogP contribution in [0, 0.1) is 0 Å². The van der Waals surface area contributed by atoms with Gasteiger partial charge in [-0.1, -0.05) is 6.07 Å². The summed E-state index contributed by atoms with van der Waals surface area (Å²) in [5.74, 6) is 5.36. The number of hydrazine groups is 1. The Kier molecular flexibility index (Phi) is 3.77. The average Bonchev–Trinajstić information content (AvgIpc) is 2.46. The second-order valence-electron chi connectivity index (χ2n) is 3.45. The highest BCUT2D eigenvalue weighted by atomic mass is 16.1. The van der Waals surface area contributed by atoms with Gasteiger partial charge in [0.2, 0.25) is 0 Å². The first-order valence-electron chi connectivity index (χ1n) is 5.28. The van der Waals surface area contributed by atoms with Crippen LogP contribution in [0.25, 0.3) is 0 Å². The molecule has 0 bridgehead atoms. The minimum absolute atomic E-state index is 0.286. The quantitative estimate of drug-likeness (QED) is 0.520. The van der Waals surface area contributed by atoms with Gasteiger partial charge in [0.15, 0.2) is 0 Å². The van der Waals surface area contributed by atoms with Gasteiger partial charge in [-0.15, -0.1) is 0 Å². The molecule has 0 aliphatic heterocycles. The maximum atomic E-state index is 11.8. The van der Waals surface area contributed by atoms with Crippen molar-refractivity contribution in [2.45, 2.75) is 6.54 Å². The van der Waals surface area contributed by atoms with Crippen LogP contribution in [0.4, 0.5) is 5.82 Å². The van der Waals surface area contributed by atoms with E-state index in [4.69, 9.17) is 5.84 Å². The van der Waals surface area contributed by atoms with Crippen LogP contribution in [-0.2, 0) is 6.54 Å². The molecule has 0 radical (unpaired) electrons. The lowest BCUT2D eigenvalue weighted by Crippen LogP contribution is -2.24. The molecule has 7 heteroatoms. The van der Waals surface area contributed by atoms with Gasteiger partial charge in [-0.25, -0.2) is 10.8 Å². The predicted octanol–water partition coefficient (Wildman–Crippen LogP) is 0.0872. The number of nitrogens with zero attached hydrogens (tertiary/aromatic N) is 3. The van der Waals surface area contributed by atoms with E-state index in [1.165, 1.54) is 0 Å². The van der Waals surface area contributed by atoms with Gasteiger partial charge in [-0.05, 0) is 24.3 Å². The number of amides is 1. The summed E-state index contributed by atoms with van der Waals surface area (Å²) in [6, 6.07) is 8.50. The Bertz CT molecular complexity index is 530. The maximum absolute atomic E-state index is 11.8. The average molecular weight is 244 g/mol. The van der Waals surface area contributed by atoms with Gasteiger partial charge < -0.3 is 10.7 Å². The first-order chi connectivity index (χ1) is 8.79. The number of aromatic nitrogens is 3. The Hall–Kier alpha value is -2.54. The summed E-state index contributed by atoms with van der Waals surface area (Å²) in [6.07, 6.45) is 1.57. The van der Waals surface area contributed by atoms with Gasteiger partial charge in [0, 0.05) is 6.20 Å². The molecule has 2 heterocycles. The zero-order valence-electron chi connectivity index (χ0n) is 9.50. The van der Waals surface area contributed by atoms with Crippen LogP contribution in [0.15, 0.2) is 36.5 Å². The fraction of sp³-hybridized carbons (Fsp3) is 0.0909. The molecule has 0 fully saturated rings. The summed E-state index contributed by atoms with van der Waals surface area (Å²) in [6.45, 7) is 0.300. The summed E-state index contributed by atoms with van der Waals surface area (Å²) in [5, 5.41) is 10.3. The van der Waals surface area contributed by atoms with Crippen molar-refractivity contribution in [3.63, 3.8) is 0 Å². The topological polar surface area (TPSA) is 106 Å². The summed E-state index contributed by atoms with van der Waals surface area (Å²) in [7, 11) is 0. The van der Waals surface area contributed by atoms with Crippen LogP contribution in [-0.4, -0.2) is 21.1 Å². The standard InChI is InChI=1S/C11H12N6O/c12-16-10-5-1-4-9(15-10)11(18)13-7-8-3-2-6-14-17-8/h1-6H,7,12H2,(H,13,18)(H,15,16). The monoisotopic (exact) mass is 244 g/mol. The summed E-state index contributed by atoms with van der Waals surface area (Å²) in [4.78, 5) is 15.8. The van der Waals surface area contributed by atoms with Crippen LogP contribution < -0.4 is 16.6 Å². The molecule has 0 saturated carbocycles. The molecule has 2 aromatic heterocycles. The van der Waals surface area contributed by atoms with Crippen LogP contribution in [0.2, 0.25) is 0 Å². The third kappa shape index (κ3) is 2.98. The van der Waals surface area contributed by atoms with Crippen LogP contribution in [0.1, 0.15) is 16.2 Å². The Morgan fingerprint density at radius 2 is 2.17 bits per heavy atom. The van der Waals surface area contributed by atoms with Crippen molar-refractivity contribution >= 4 is 11.7 Å².